The predicted octanol–water partition coefficient (Wildman–Crippen LogP) is 5.11. The van der Waals surface area contributed by atoms with Gasteiger partial charge in [0.05, 0.1) is 5.69 Å². The minimum Gasteiger partial charge on any atom is -0.372 e. The maximum Gasteiger partial charge on any atom is 0.0633 e. The second-order valence-electron chi connectivity index (χ2n) is 5.48. The summed E-state index contributed by atoms with van der Waals surface area (Å²) in [5.41, 5.74) is 4.65. The molecule has 1 fully saturated rings. The number of halogens is 1. The standard InChI is InChI=1S/C18H19BrN2/c1-14-12-16(6-9-18(14)19)20-13-15-4-7-17(8-5-15)21-10-2-3-11-21/h4-9,12-13H,2-3,10-11H2,1H3. The van der Waals surface area contributed by atoms with Crippen molar-refractivity contribution in [3.8, 4) is 0 Å². The first-order valence-electron chi connectivity index (χ1n) is 7.37. The topological polar surface area (TPSA) is 15.6 Å². The molecule has 3 heteroatoms. The van der Waals surface area contributed by atoms with Gasteiger partial charge >= 0.3 is 0 Å². The fourth-order valence-electron chi connectivity index (χ4n) is 2.60. The monoisotopic (exact) mass is 342 g/mol. The van der Waals surface area contributed by atoms with E-state index in [0.717, 1.165) is 15.7 Å². The van der Waals surface area contributed by atoms with Gasteiger partial charge in [0.15, 0.2) is 0 Å². The zero-order valence-electron chi connectivity index (χ0n) is 12.2. The third-order valence-electron chi connectivity index (χ3n) is 3.87. The van der Waals surface area contributed by atoms with Gasteiger partial charge in [-0.2, -0.15) is 0 Å². The Morgan fingerprint density at radius 2 is 1.76 bits per heavy atom. The summed E-state index contributed by atoms with van der Waals surface area (Å²) in [7, 11) is 0. The van der Waals surface area contributed by atoms with E-state index in [1.54, 1.807) is 0 Å². The summed E-state index contributed by atoms with van der Waals surface area (Å²) in [5, 5.41) is 0. The van der Waals surface area contributed by atoms with Crippen molar-refractivity contribution in [2.75, 3.05) is 18.0 Å². The number of rotatable bonds is 3. The fourth-order valence-corrected chi connectivity index (χ4v) is 2.85. The summed E-state index contributed by atoms with van der Waals surface area (Å²) >= 11 is 3.51. The van der Waals surface area contributed by atoms with Crippen LogP contribution in [0.15, 0.2) is 51.9 Å². The number of benzene rings is 2. The lowest BCUT2D eigenvalue weighted by Gasteiger charge is -2.17. The molecule has 1 heterocycles. The van der Waals surface area contributed by atoms with Crippen LogP contribution in [0.5, 0.6) is 0 Å². The van der Waals surface area contributed by atoms with Gasteiger partial charge in [-0.05, 0) is 61.2 Å². The zero-order chi connectivity index (χ0) is 14.7. The molecule has 2 aromatic carbocycles. The van der Waals surface area contributed by atoms with E-state index in [1.807, 2.05) is 18.3 Å². The van der Waals surface area contributed by atoms with E-state index in [4.69, 9.17) is 0 Å². The second kappa shape index (κ2) is 6.44. The van der Waals surface area contributed by atoms with Crippen LogP contribution in [0.4, 0.5) is 11.4 Å². The van der Waals surface area contributed by atoms with Crippen molar-refractivity contribution in [3.63, 3.8) is 0 Å². The highest BCUT2D eigenvalue weighted by molar-refractivity contribution is 9.10. The Morgan fingerprint density at radius 1 is 1.05 bits per heavy atom. The van der Waals surface area contributed by atoms with Gasteiger partial charge in [-0.15, -0.1) is 0 Å². The molecule has 0 unspecified atom stereocenters. The average Bonchev–Trinajstić information content (AvgIpc) is 3.03. The van der Waals surface area contributed by atoms with E-state index in [9.17, 15) is 0 Å². The second-order valence-corrected chi connectivity index (χ2v) is 6.33. The van der Waals surface area contributed by atoms with Crippen molar-refractivity contribution < 1.29 is 0 Å². The van der Waals surface area contributed by atoms with Gasteiger partial charge in [-0.25, -0.2) is 0 Å². The molecule has 0 aromatic heterocycles. The molecule has 0 atom stereocenters. The molecule has 1 saturated heterocycles. The van der Waals surface area contributed by atoms with Crippen molar-refractivity contribution in [2.45, 2.75) is 19.8 Å². The molecule has 0 saturated carbocycles. The number of anilines is 1. The van der Waals surface area contributed by atoms with Gasteiger partial charge in [0.2, 0.25) is 0 Å². The van der Waals surface area contributed by atoms with Crippen molar-refractivity contribution in [1.29, 1.82) is 0 Å². The number of aryl methyl sites for hydroxylation is 1. The van der Waals surface area contributed by atoms with Crippen LogP contribution in [0.3, 0.4) is 0 Å². The SMILES string of the molecule is Cc1cc(N=Cc2ccc(N3CCCC3)cc2)ccc1Br. The predicted molar refractivity (Wildman–Crippen MR) is 94.0 cm³/mol. The highest BCUT2D eigenvalue weighted by Crippen LogP contribution is 2.23. The molecule has 0 amide bonds. The number of hydrogen-bond acceptors (Lipinski definition) is 2. The number of hydrogen-bond donors (Lipinski definition) is 0. The first kappa shape index (κ1) is 14.3. The number of nitrogens with zero attached hydrogens (tertiary/aromatic N) is 2. The molecular weight excluding hydrogens is 324 g/mol. The van der Waals surface area contributed by atoms with Crippen LogP contribution in [0.25, 0.3) is 0 Å². The van der Waals surface area contributed by atoms with Gasteiger partial charge in [0.25, 0.3) is 0 Å². The highest BCUT2D eigenvalue weighted by Gasteiger charge is 2.11. The van der Waals surface area contributed by atoms with Gasteiger partial charge in [0, 0.05) is 29.5 Å². The molecule has 0 radical (unpaired) electrons. The van der Waals surface area contributed by atoms with E-state index in [0.29, 0.717) is 0 Å². The smallest absolute Gasteiger partial charge is 0.0633 e. The Morgan fingerprint density at radius 3 is 2.43 bits per heavy atom. The van der Waals surface area contributed by atoms with E-state index < -0.39 is 0 Å². The van der Waals surface area contributed by atoms with Crippen molar-refractivity contribution in [1.82, 2.24) is 0 Å². The molecule has 2 aromatic rings. The lowest BCUT2D eigenvalue weighted by Crippen LogP contribution is -2.17. The van der Waals surface area contributed by atoms with Crippen LogP contribution in [-0.2, 0) is 0 Å². The summed E-state index contributed by atoms with van der Waals surface area (Å²) in [6.07, 6.45) is 4.55. The van der Waals surface area contributed by atoms with Crippen LogP contribution in [0.2, 0.25) is 0 Å². The van der Waals surface area contributed by atoms with Crippen LogP contribution in [0.1, 0.15) is 24.0 Å². The minimum absolute atomic E-state index is 0.985. The fraction of sp³-hybridized carbons (Fsp3) is 0.278. The lowest BCUT2D eigenvalue weighted by molar-refractivity contribution is 0.949. The summed E-state index contributed by atoms with van der Waals surface area (Å²) in [6.45, 7) is 4.45. The summed E-state index contributed by atoms with van der Waals surface area (Å²) in [6, 6.07) is 14.8. The van der Waals surface area contributed by atoms with Crippen LogP contribution in [0, 0.1) is 6.92 Å². The molecule has 0 bridgehead atoms. The van der Waals surface area contributed by atoms with Crippen LogP contribution in [-0.4, -0.2) is 19.3 Å². The third kappa shape index (κ3) is 3.53. The Labute approximate surface area is 134 Å². The van der Waals surface area contributed by atoms with Crippen molar-refractivity contribution in [3.05, 3.63) is 58.1 Å². The highest BCUT2D eigenvalue weighted by atomic mass is 79.9. The largest absolute Gasteiger partial charge is 0.372 e. The van der Waals surface area contributed by atoms with E-state index in [1.165, 1.54) is 37.2 Å². The molecule has 0 aliphatic carbocycles. The van der Waals surface area contributed by atoms with E-state index >= 15 is 0 Å². The Bertz CT molecular complexity index is 641. The van der Waals surface area contributed by atoms with Crippen LogP contribution < -0.4 is 4.90 Å². The van der Waals surface area contributed by atoms with Crippen LogP contribution >= 0.6 is 15.9 Å². The maximum atomic E-state index is 4.55. The van der Waals surface area contributed by atoms with Crippen molar-refractivity contribution in [2.24, 2.45) is 4.99 Å². The van der Waals surface area contributed by atoms with Gasteiger partial charge in [-0.1, -0.05) is 28.1 Å². The molecule has 108 valence electrons. The summed E-state index contributed by atoms with van der Waals surface area (Å²) in [5.74, 6) is 0. The average molecular weight is 343 g/mol. The molecule has 21 heavy (non-hydrogen) atoms. The summed E-state index contributed by atoms with van der Waals surface area (Å²) < 4.78 is 1.12. The molecule has 1 aliphatic heterocycles. The van der Waals surface area contributed by atoms with Gasteiger partial charge < -0.3 is 4.90 Å². The molecule has 2 nitrogen and oxygen atoms in total. The van der Waals surface area contributed by atoms with E-state index in [-0.39, 0.29) is 0 Å². The minimum atomic E-state index is 0.985. The molecule has 0 spiro atoms. The van der Waals surface area contributed by atoms with Crippen molar-refractivity contribution >= 4 is 33.5 Å². The maximum absolute atomic E-state index is 4.55. The molecule has 3 rings (SSSR count). The quantitative estimate of drug-likeness (QED) is 0.707. The van der Waals surface area contributed by atoms with Gasteiger partial charge in [-0.3, -0.25) is 4.99 Å². The van der Waals surface area contributed by atoms with E-state index in [2.05, 4.69) is 63.1 Å². The third-order valence-corrected chi connectivity index (χ3v) is 4.76. The first-order valence-corrected chi connectivity index (χ1v) is 8.17. The zero-order valence-corrected chi connectivity index (χ0v) is 13.8. The summed E-state index contributed by atoms with van der Waals surface area (Å²) in [4.78, 5) is 6.99. The Balaban J connectivity index is 1.72. The Hall–Kier alpha value is -1.61. The first-order chi connectivity index (χ1) is 10.2. The Kier molecular flexibility index (Phi) is 4.39. The molecule has 0 N–H and O–H groups in total. The molecular formula is C18H19BrN2. The normalized spacial score (nSPS) is 15.0. The number of aliphatic imine (C=N–C) groups is 1. The lowest BCUT2D eigenvalue weighted by atomic mass is 10.2. The molecule has 1 aliphatic rings. The van der Waals surface area contributed by atoms with Gasteiger partial charge in [0.1, 0.15) is 0 Å².